The van der Waals surface area contributed by atoms with Gasteiger partial charge in [-0.3, -0.25) is 67.5 Å². The van der Waals surface area contributed by atoms with E-state index in [0.717, 1.165) is 21.6 Å². The maximum atomic E-state index is 13.4. The first-order valence-electron chi connectivity index (χ1n) is 20.0. The summed E-state index contributed by atoms with van der Waals surface area (Å²) >= 11 is 0. The highest BCUT2D eigenvalue weighted by molar-refractivity contribution is 8.76. The lowest BCUT2D eigenvalue weighted by Gasteiger charge is -2.33. The molecule has 0 aromatic carbocycles. The fourth-order valence-electron chi connectivity index (χ4n) is 5.88. The monoisotopic (exact) mass is 936 g/mol. The number of rotatable bonds is 27. The minimum Gasteiger partial charge on any atom is -0.481 e. The predicted molar refractivity (Wildman–Crippen MR) is 231 cm³/mol. The third kappa shape index (κ3) is 24.7. The average molecular weight is 937 g/mol. The van der Waals surface area contributed by atoms with E-state index in [1.807, 2.05) is 14.7 Å². The van der Waals surface area contributed by atoms with Crippen molar-refractivity contribution < 1.29 is 67.3 Å². The van der Waals surface area contributed by atoms with E-state index in [1.54, 1.807) is 4.90 Å². The largest absolute Gasteiger partial charge is 0.481 e. The number of hydrogen-bond acceptors (Lipinski definition) is 20. The van der Waals surface area contributed by atoms with Crippen LogP contribution in [-0.2, 0) is 62.2 Å². The molecule has 26 heteroatoms. The second-order valence-electron chi connectivity index (χ2n) is 14.4. The number of carboxylic acids is 1. The summed E-state index contributed by atoms with van der Waals surface area (Å²) in [4.78, 5) is 130. The lowest BCUT2D eigenvalue weighted by atomic mass is 10.1. The Hall–Kier alpha value is -4.60. The molecular weight excluding hydrogens is 873 g/mol. The summed E-state index contributed by atoms with van der Waals surface area (Å²) in [7, 11) is 7.46. The van der Waals surface area contributed by atoms with E-state index < -0.39 is 83.4 Å². The van der Waals surface area contributed by atoms with Crippen LogP contribution >= 0.6 is 21.6 Å². The lowest BCUT2D eigenvalue weighted by Crippen LogP contribution is -2.52. The van der Waals surface area contributed by atoms with Gasteiger partial charge in [-0.05, 0) is 26.8 Å². The van der Waals surface area contributed by atoms with Gasteiger partial charge >= 0.3 is 23.9 Å². The number of carbonyl (C=O) groups is 10. The summed E-state index contributed by atoms with van der Waals surface area (Å²) < 4.78 is 14.6. The standard InChI is InChI=1S/C37H64N10O14S2/c1-24(48)25(43-37(58)26(40-2)7-9-31(51)52)6-8-29(49)41-27(35(38)56)22-62-63-23-28(36(39)57)42-30(50)18-44-10-12-45(19-32(53)59-3)14-16-47(21-34(55)61-5)17-15-46(13-11-44)20-33(54)60-4/h25-28,40H,6-23H2,1-5H3,(H2,38,56)(H2,39,57)(H,41,49)(H,42,50)(H,43,58)(H,51,52). The fourth-order valence-corrected chi connectivity index (χ4v) is 8.24. The Bertz CT molecular complexity index is 1530. The zero-order valence-electron chi connectivity index (χ0n) is 36.6. The third-order valence-electron chi connectivity index (χ3n) is 9.73. The average Bonchev–Trinajstić information content (AvgIpc) is 3.23. The van der Waals surface area contributed by atoms with E-state index in [2.05, 4.69) is 21.3 Å². The van der Waals surface area contributed by atoms with Crippen LogP contribution < -0.4 is 32.7 Å². The second-order valence-corrected chi connectivity index (χ2v) is 17.0. The Kier molecular flexibility index (Phi) is 28.0. The molecule has 1 aliphatic rings. The van der Waals surface area contributed by atoms with E-state index in [9.17, 15) is 47.9 Å². The Morgan fingerprint density at radius 1 is 0.556 bits per heavy atom. The molecule has 1 fully saturated rings. The number of nitrogens with two attached hydrogens (primary N) is 2. The highest BCUT2D eigenvalue weighted by Gasteiger charge is 2.27. The van der Waals surface area contributed by atoms with Gasteiger partial charge in [0.15, 0.2) is 5.78 Å². The number of carboxylic acid groups (broad SMARTS) is 1. The minimum absolute atomic E-state index is 0.00656. The lowest BCUT2D eigenvalue weighted by molar-refractivity contribution is -0.144. The molecule has 1 rings (SSSR count). The molecule has 1 heterocycles. The summed E-state index contributed by atoms with van der Waals surface area (Å²) in [6.07, 6.45) is -0.673. The molecule has 0 aliphatic carbocycles. The number of primary amides is 2. The van der Waals surface area contributed by atoms with Crippen molar-refractivity contribution in [3.8, 4) is 0 Å². The maximum Gasteiger partial charge on any atom is 0.319 e. The number of likely N-dealkylation sites (N-methyl/N-ethyl adjacent to an activating group) is 1. The normalized spacial score (nSPS) is 16.7. The van der Waals surface area contributed by atoms with E-state index in [1.165, 1.54) is 35.3 Å². The van der Waals surface area contributed by atoms with Gasteiger partial charge in [-0.25, -0.2) is 0 Å². The van der Waals surface area contributed by atoms with Crippen LogP contribution in [0.5, 0.6) is 0 Å². The molecule has 4 atom stereocenters. The van der Waals surface area contributed by atoms with Crippen LogP contribution in [0.15, 0.2) is 0 Å². The SMILES string of the molecule is CNC(CCC(=O)O)C(=O)NC(CCC(=O)NC(CSSCC(NC(=O)CN1CCN(CC(=O)OC)CCN(CC(=O)OC)CCN(CC(=O)OC)CC1)C(N)=O)C(N)=O)C(C)=O. The summed E-state index contributed by atoms with van der Waals surface area (Å²) in [6.45, 7) is 3.62. The number of ketones is 1. The summed E-state index contributed by atoms with van der Waals surface area (Å²) in [5.41, 5.74) is 11.1. The molecular formula is C37H64N10O14S2. The first-order chi connectivity index (χ1) is 29.8. The topological polar surface area (TPSA) is 332 Å². The zero-order valence-corrected chi connectivity index (χ0v) is 38.2. The van der Waals surface area contributed by atoms with E-state index in [0.29, 0.717) is 39.3 Å². The maximum absolute atomic E-state index is 13.4. The van der Waals surface area contributed by atoms with Crippen molar-refractivity contribution in [2.24, 2.45) is 11.5 Å². The molecule has 0 aromatic rings. The van der Waals surface area contributed by atoms with Crippen molar-refractivity contribution in [2.75, 3.05) is 118 Å². The molecule has 0 saturated carbocycles. The Morgan fingerprint density at radius 3 is 1.25 bits per heavy atom. The van der Waals surface area contributed by atoms with Crippen molar-refractivity contribution in [3.05, 3.63) is 0 Å². The van der Waals surface area contributed by atoms with Gasteiger partial charge in [-0.2, -0.15) is 0 Å². The number of Topliss-reactive ketones (excluding diaryl/α,β-unsaturated/α-hetero) is 1. The number of carbonyl (C=O) groups excluding carboxylic acids is 9. The molecule has 1 aliphatic heterocycles. The molecule has 4 unspecified atom stereocenters. The number of esters is 3. The molecule has 0 radical (unpaired) electrons. The van der Waals surface area contributed by atoms with Crippen LogP contribution in [0.4, 0.5) is 0 Å². The van der Waals surface area contributed by atoms with Gasteiger partial charge in [0.05, 0.1) is 59.6 Å². The molecule has 358 valence electrons. The molecule has 9 N–H and O–H groups in total. The van der Waals surface area contributed by atoms with Crippen LogP contribution in [0.2, 0.25) is 0 Å². The molecule has 0 spiro atoms. The second kappa shape index (κ2) is 31.3. The summed E-state index contributed by atoms with van der Waals surface area (Å²) in [5.74, 6) is -6.45. The summed E-state index contributed by atoms with van der Waals surface area (Å²) in [5, 5.41) is 19.3. The van der Waals surface area contributed by atoms with Crippen molar-refractivity contribution in [3.63, 3.8) is 0 Å². The van der Waals surface area contributed by atoms with Gasteiger partial charge in [0.2, 0.25) is 29.5 Å². The number of methoxy groups -OCH3 is 3. The van der Waals surface area contributed by atoms with Gasteiger partial charge in [0.25, 0.3) is 0 Å². The number of hydrogen-bond donors (Lipinski definition) is 7. The first-order valence-corrected chi connectivity index (χ1v) is 22.5. The van der Waals surface area contributed by atoms with Crippen molar-refractivity contribution >= 4 is 80.8 Å². The first kappa shape index (κ1) is 56.4. The van der Waals surface area contributed by atoms with Crippen LogP contribution in [0, 0.1) is 0 Å². The number of ether oxygens (including phenoxy) is 3. The molecule has 1 saturated heterocycles. The van der Waals surface area contributed by atoms with Crippen LogP contribution in [0.1, 0.15) is 32.6 Å². The Balaban J connectivity index is 2.89. The van der Waals surface area contributed by atoms with Crippen LogP contribution in [0.25, 0.3) is 0 Å². The number of nitrogens with zero attached hydrogens (tertiary/aromatic N) is 4. The predicted octanol–water partition coefficient (Wildman–Crippen LogP) is -4.64. The van der Waals surface area contributed by atoms with Gasteiger partial charge in [-0.1, -0.05) is 21.6 Å². The van der Waals surface area contributed by atoms with E-state index in [4.69, 9.17) is 30.8 Å². The van der Waals surface area contributed by atoms with Gasteiger partial charge in [0.1, 0.15) is 12.1 Å². The highest BCUT2D eigenvalue weighted by atomic mass is 33.1. The summed E-state index contributed by atoms with van der Waals surface area (Å²) in [6, 6.07) is -4.23. The van der Waals surface area contributed by atoms with E-state index >= 15 is 0 Å². The molecule has 63 heavy (non-hydrogen) atoms. The third-order valence-corrected chi connectivity index (χ3v) is 12.1. The molecule has 0 bridgehead atoms. The number of amides is 5. The smallest absolute Gasteiger partial charge is 0.319 e. The van der Waals surface area contributed by atoms with Crippen molar-refractivity contribution in [1.82, 2.24) is 40.9 Å². The van der Waals surface area contributed by atoms with Crippen molar-refractivity contribution in [1.29, 1.82) is 0 Å². The fraction of sp³-hybridized carbons (Fsp3) is 0.730. The van der Waals surface area contributed by atoms with Gasteiger partial charge in [0, 0.05) is 76.7 Å². The zero-order chi connectivity index (χ0) is 47.5. The molecule has 24 nitrogen and oxygen atoms in total. The van der Waals surface area contributed by atoms with Crippen molar-refractivity contribution in [2.45, 2.75) is 56.8 Å². The Morgan fingerprint density at radius 2 is 0.921 bits per heavy atom. The quantitative estimate of drug-likeness (QED) is 0.0176. The Labute approximate surface area is 374 Å². The highest BCUT2D eigenvalue weighted by Crippen LogP contribution is 2.23. The van der Waals surface area contributed by atoms with Crippen LogP contribution in [-0.4, -0.2) is 226 Å². The number of aliphatic carboxylic acids is 1. The van der Waals surface area contributed by atoms with Crippen LogP contribution in [0.3, 0.4) is 0 Å². The molecule has 0 aromatic heterocycles. The number of nitrogens with one attached hydrogen (secondary N) is 4. The van der Waals surface area contributed by atoms with Gasteiger partial charge < -0.3 is 52.1 Å². The molecule has 5 amide bonds. The van der Waals surface area contributed by atoms with Gasteiger partial charge in [-0.15, -0.1) is 0 Å². The minimum atomic E-state index is -1.16. The van der Waals surface area contributed by atoms with E-state index in [-0.39, 0.29) is 76.5 Å².